The van der Waals surface area contributed by atoms with Crippen molar-refractivity contribution < 1.29 is 19.1 Å². The number of benzene rings is 2. The van der Waals surface area contributed by atoms with Crippen LogP contribution in [0.15, 0.2) is 36.4 Å². The predicted molar refractivity (Wildman–Crippen MR) is 103 cm³/mol. The minimum absolute atomic E-state index is 0.216. The van der Waals surface area contributed by atoms with E-state index < -0.39 is 5.91 Å². The molecule has 0 saturated carbocycles. The Morgan fingerprint density at radius 2 is 1.81 bits per heavy atom. The number of carbonyl (C=O) groups is 2. The number of nitrogens with zero attached hydrogens (tertiary/aromatic N) is 1. The average molecular weight is 397 g/mol. The highest BCUT2D eigenvalue weighted by atomic mass is 35.5. The summed E-state index contributed by atoms with van der Waals surface area (Å²) < 4.78 is 10.4. The Balaban J connectivity index is 2.20. The van der Waals surface area contributed by atoms with E-state index in [2.05, 4.69) is 5.32 Å². The number of anilines is 2. The number of rotatable bonds is 6. The molecule has 0 heterocycles. The molecular weight excluding hydrogens is 379 g/mol. The second-order valence-electron chi connectivity index (χ2n) is 5.32. The second-order valence-corrected chi connectivity index (χ2v) is 6.16. The SMILES string of the molecule is COc1ccc(NC(=O)CN(C(C)=O)c2ccc(Cl)cc2Cl)c(OC)c1. The molecule has 0 aliphatic heterocycles. The van der Waals surface area contributed by atoms with Gasteiger partial charge in [-0.25, -0.2) is 0 Å². The predicted octanol–water partition coefficient (Wildman–Crippen LogP) is 4.00. The van der Waals surface area contributed by atoms with Crippen LogP contribution in [0, 0.1) is 0 Å². The van der Waals surface area contributed by atoms with Crippen molar-refractivity contribution in [1.29, 1.82) is 0 Å². The summed E-state index contributed by atoms with van der Waals surface area (Å²) >= 11 is 12.0. The average Bonchev–Trinajstić information content (AvgIpc) is 2.60. The molecule has 2 rings (SSSR count). The normalized spacial score (nSPS) is 10.2. The van der Waals surface area contributed by atoms with E-state index >= 15 is 0 Å². The smallest absolute Gasteiger partial charge is 0.244 e. The number of halogens is 2. The van der Waals surface area contributed by atoms with Crippen LogP contribution >= 0.6 is 23.2 Å². The third-order valence-electron chi connectivity index (χ3n) is 3.57. The highest BCUT2D eigenvalue weighted by Gasteiger charge is 2.19. The lowest BCUT2D eigenvalue weighted by Crippen LogP contribution is -2.36. The van der Waals surface area contributed by atoms with Crippen LogP contribution < -0.4 is 19.7 Å². The van der Waals surface area contributed by atoms with Crippen LogP contribution in [0.25, 0.3) is 0 Å². The minimum atomic E-state index is -0.408. The number of hydrogen-bond donors (Lipinski definition) is 1. The monoisotopic (exact) mass is 396 g/mol. The van der Waals surface area contributed by atoms with E-state index in [1.807, 2.05) is 0 Å². The molecule has 0 aromatic heterocycles. The van der Waals surface area contributed by atoms with Crippen LogP contribution in [0.5, 0.6) is 11.5 Å². The van der Waals surface area contributed by atoms with Crippen molar-refractivity contribution in [1.82, 2.24) is 0 Å². The molecule has 138 valence electrons. The third-order valence-corrected chi connectivity index (χ3v) is 4.10. The number of nitrogens with one attached hydrogen (secondary N) is 1. The summed E-state index contributed by atoms with van der Waals surface area (Å²) in [6, 6.07) is 9.70. The zero-order valence-corrected chi connectivity index (χ0v) is 16.0. The van der Waals surface area contributed by atoms with Crippen molar-refractivity contribution in [3.8, 4) is 11.5 Å². The summed E-state index contributed by atoms with van der Waals surface area (Å²) in [6.45, 7) is 1.14. The Hall–Kier alpha value is -2.44. The van der Waals surface area contributed by atoms with Gasteiger partial charge in [0, 0.05) is 18.0 Å². The van der Waals surface area contributed by atoms with Gasteiger partial charge in [-0.05, 0) is 30.3 Å². The summed E-state index contributed by atoms with van der Waals surface area (Å²) in [4.78, 5) is 25.7. The second kappa shape index (κ2) is 8.78. The minimum Gasteiger partial charge on any atom is -0.497 e. The molecule has 0 atom stereocenters. The quantitative estimate of drug-likeness (QED) is 0.800. The molecule has 0 radical (unpaired) electrons. The molecule has 2 aromatic carbocycles. The van der Waals surface area contributed by atoms with E-state index in [9.17, 15) is 9.59 Å². The molecule has 0 spiro atoms. The van der Waals surface area contributed by atoms with Gasteiger partial charge in [0.1, 0.15) is 18.0 Å². The summed E-state index contributed by atoms with van der Waals surface area (Å²) in [7, 11) is 3.02. The van der Waals surface area contributed by atoms with Crippen molar-refractivity contribution in [3.05, 3.63) is 46.4 Å². The molecule has 0 aliphatic rings. The van der Waals surface area contributed by atoms with Crippen molar-refractivity contribution in [2.24, 2.45) is 0 Å². The molecule has 2 amide bonds. The van der Waals surface area contributed by atoms with Gasteiger partial charge in [-0.15, -0.1) is 0 Å². The molecule has 26 heavy (non-hydrogen) atoms. The first-order valence-corrected chi connectivity index (χ1v) is 8.36. The van der Waals surface area contributed by atoms with Crippen LogP contribution in [-0.4, -0.2) is 32.6 Å². The molecule has 0 aliphatic carbocycles. The maximum Gasteiger partial charge on any atom is 0.244 e. The van der Waals surface area contributed by atoms with Crippen molar-refractivity contribution in [2.45, 2.75) is 6.92 Å². The summed E-state index contributed by atoms with van der Waals surface area (Å²) in [5.41, 5.74) is 0.865. The van der Waals surface area contributed by atoms with Crippen LogP contribution in [0.2, 0.25) is 10.0 Å². The third kappa shape index (κ3) is 4.80. The zero-order valence-electron chi connectivity index (χ0n) is 14.5. The van der Waals surface area contributed by atoms with Gasteiger partial charge >= 0.3 is 0 Å². The fourth-order valence-electron chi connectivity index (χ4n) is 2.30. The van der Waals surface area contributed by atoms with Gasteiger partial charge in [-0.2, -0.15) is 0 Å². The molecule has 6 nitrogen and oxygen atoms in total. The molecule has 0 bridgehead atoms. The number of hydrogen-bond acceptors (Lipinski definition) is 4. The maximum absolute atomic E-state index is 12.4. The Morgan fingerprint density at radius 3 is 2.38 bits per heavy atom. The molecule has 0 saturated heterocycles. The van der Waals surface area contributed by atoms with Gasteiger partial charge in [-0.1, -0.05) is 23.2 Å². The fourth-order valence-corrected chi connectivity index (χ4v) is 2.81. The summed E-state index contributed by atoms with van der Waals surface area (Å²) in [5.74, 6) is 0.301. The standard InChI is InChI=1S/C18H18Cl2N2O4/c1-11(23)22(16-7-4-12(19)8-14(16)20)10-18(24)21-15-6-5-13(25-2)9-17(15)26-3/h4-9H,10H2,1-3H3,(H,21,24). The summed E-state index contributed by atoms with van der Waals surface area (Å²) in [6.07, 6.45) is 0. The van der Waals surface area contributed by atoms with E-state index in [1.54, 1.807) is 30.3 Å². The Bertz CT molecular complexity index is 827. The fraction of sp³-hybridized carbons (Fsp3) is 0.222. The van der Waals surface area contributed by atoms with Gasteiger partial charge in [0.15, 0.2) is 0 Å². The lowest BCUT2D eigenvalue weighted by molar-refractivity contribution is -0.120. The lowest BCUT2D eigenvalue weighted by Gasteiger charge is -2.22. The topological polar surface area (TPSA) is 67.9 Å². The van der Waals surface area contributed by atoms with Crippen LogP contribution in [-0.2, 0) is 9.59 Å². The summed E-state index contributed by atoms with van der Waals surface area (Å²) in [5, 5.41) is 3.44. The molecule has 2 aromatic rings. The molecule has 0 unspecified atom stereocenters. The van der Waals surface area contributed by atoms with Crippen LogP contribution in [0.3, 0.4) is 0 Å². The largest absolute Gasteiger partial charge is 0.497 e. The number of ether oxygens (including phenoxy) is 2. The van der Waals surface area contributed by atoms with Gasteiger partial charge < -0.3 is 19.7 Å². The molecular formula is C18H18Cl2N2O4. The van der Waals surface area contributed by atoms with Crippen molar-refractivity contribution >= 4 is 46.4 Å². The van der Waals surface area contributed by atoms with Gasteiger partial charge in [0.05, 0.1) is 30.6 Å². The highest BCUT2D eigenvalue weighted by Crippen LogP contribution is 2.30. The molecule has 1 N–H and O–H groups in total. The van der Waals surface area contributed by atoms with Gasteiger partial charge in [0.2, 0.25) is 11.8 Å². The van der Waals surface area contributed by atoms with E-state index in [4.69, 9.17) is 32.7 Å². The van der Waals surface area contributed by atoms with E-state index in [0.717, 1.165) is 0 Å². The zero-order chi connectivity index (χ0) is 19.3. The van der Waals surface area contributed by atoms with Gasteiger partial charge in [0.25, 0.3) is 0 Å². The molecule has 0 fully saturated rings. The number of carbonyl (C=O) groups excluding carboxylic acids is 2. The van der Waals surface area contributed by atoms with E-state index in [0.29, 0.717) is 27.9 Å². The number of amides is 2. The van der Waals surface area contributed by atoms with Crippen LogP contribution in [0.1, 0.15) is 6.92 Å². The lowest BCUT2D eigenvalue weighted by atomic mass is 10.2. The van der Waals surface area contributed by atoms with Crippen molar-refractivity contribution in [3.63, 3.8) is 0 Å². The van der Waals surface area contributed by atoms with E-state index in [-0.39, 0.29) is 17.5 Å². The van der Waals surface area contributed by atoms with Crippen LogP contribution in [0.4, 0.5) is 11.4 Å². The van der Waals surface area contributed by atoms with Crippen molar-refractivity contribution in [2.75, 3.05) is 31.0 Å². The first kappa shape index (κ1) is 19.9. The molecule has 8 heteroatoms. The highest BCUT2D eigenvalue weighted by molar-refractivity contribution is 6.36. The first-order chi connectivity index (χ1) is 12.3. The Labute approximate surface area is 161 Å². The van der Waals surface area contributed by atoms with Gasteiger partial charge in [-0.3, -0.25) is 9.59 Å². The first-order valence-electron chi connectivity index (χ1n) is 7.60. The number of methoxy groups -OCH3 is 2. The van der Waals surface area contributed by atoms with E-state index in [1.165, 1.54) is 32.1 Å². The maximum atomic E-state index is 12.4. The Morgan fingerprint density at radius 1 is 1.08 bits per heavy atom. The Kier molecular flexibility index (Phi) is 6.71.